The molecule has 0 aromatic heterocycles. The summed E-state index contributed by atoms with van der Waals surface area (Å²) >= 11 is 5.90. The Morgan fingerprint density at radius 3 is 2.71 bits per heavy atom. The van der Waals surface area contributed by atoms with Crippen molar-refractivity contribution in [3.63, 3.8) is 0 Å². The molecule has 2 rings (SSSR count). The van der Waals surface area contributed by atoms with Crippen molar-refractivity contribution in [2.75, 3.05) is 26.2 Å². The van der Waals surface area contributed by atoms with Crippen molar-refractivity contribution in [3.8, 4) is 5.75 Å². The molecule has 1 fully saturated rings. The fourth-order valence-corrected chi connectivity index (χ4v) is 2.93. The summed E-state index contributed by atoms with van der Waals surface area (Å²) in [6, 6.07) is 5.40. The van der Waals surface area contributed by atoms with E-state index < -0.39 is 0 Å². The van der Waals surface area contributed by atoms with Crippen LogP contribution in [0.3, 0.4) is 0 Å². The number of carbonyl (C=O) groups excluding carboxylic acids is 2. The summed E-state index contributed by atoms with van der Waals surface area (Å²) in [5, 5.41) is 3.56. The quantitative estimate of drug-likeness (QED) is 0.770. The smallest absolute Gasteiger partial charge is 0.317 e. The van der Waals surface area contributed by atoms with E-state index in [9.17, 15) is 9.59 Å². The number of benzene rings is 1. The van der Waals surface area contributed by atoms with E-state index in [1.165, 1.54) is 0 Å². The number of nitrogens with zero attached hydrogens (tertiary/aromatic N) is 1. The minimum atomic E-state index is -0.273. The summed E-state index contributed by atoms with van der Waals surface area (Å²) in [5.41, 5.74) is 6.28. The number of ether oxygens (including phenoxy) is 1. The minimum absolute atomic E-state index is 0.0967. The number of amides is 3. The SMILES string of the molecule is Cc1cc(Cl)ccc1OCCCNC(=O)N1CCC(C(N)=O)CC1. The fraction of sp³-hybridized carbons (Fsp3) is 0.529. The second-order valence-corrected chi connectivity index (χ2v) is 6.44. The number of nitrogens with two attached hydrogens (primary N) is 1. The molecule has 0 radical (unpaired) electrons. The zero-order chi connectivity index (χ0) is 17.5. The number of primary amides is 1. The molecule has 3 N–H and O–H groups in total. The summed E-state index contributed by atoms with van der Waals surface area (Å²) in [6.07, 6.45) is 2.00. The highest BCUT2D eigenvalue weighted by Crippen LogP contribution is 2.21. The Labute approximate surface area is 147 Å². The molecule has 0 spiro atoms. The van der Waals surface area contributed by atoms with Crippen LogP contribution in [0, 0.1) is 12.8 Å². The number of piperidine rings is 1. The average Bonchev–Trinajstić information content (AvgIpc) is 2.56. The number of hydrogen-bond acceptors (Lipinski definition) is 3. The first-order valence-corrected chi connectivity index (χ1v) is 8.56. The molecule has 24 heavy (non-hydrogen) atoms. The van der Waals surface area contributed by atoms with Gasteiger partial charge in [0, 0.05) is 30.6 Å². The summed E-state index contributed by atoms with van der Waals surface area (Å²) in [7, 11) is 0. The van der Waals surface area contributed by atoms with E-state index in [4.69, 9.17) is 22.1 Å². The molecule has 1 heterocycles. The molecule has 1 aromatic rings. The average molecular weight is 354 g/mol. The molecular weight excluding hydrogens is 330 g/mol. The third kappa shape index (κ3) is 5.30. The minimum Gasteiger partial charge on any atom is -0.493 e. The summed E-state index contributed by atoms with van der Waals surface area (Å²) in [4.78, 5) is 24.9. The molecule has 0 aliphatic carbocycles. The lowest BCUT2D eigenvalue weighted by molar-refractivity contribution is -0.123. The standard InChI is InChI=1S/C17H24ClN3O3/c1-12-11-14(18)3-4-15(12)24-10-2-7-20-17(23)21-8-5-13(6-9-21)16(19)22/h3-4,11,13H,2,5-10H2,1H3,(H2,19,22)(H,20,23). The van der Waals surface area contributed by atoms with Crippen LogP contribution < -0.4 is 15.8 Å². The molecule has 7 heteroatoms. The van der Waals surface area contributed by atoms with Crippen LogP contribution in [0.15, 0.2) is 18.2 Å². The first-order valence-electron chi connectivity index (χ1n) is 8.18. The Bertz CT molecular complexity index is 586. The van der Waals surface area contributed by atoms with Gasteiger partial charge in [-0.25, -0.2) is 4.79 Å². The number of urea groups is 1. The summed E-state index contributed by atoms with van der Waals surface area (Å²) < 4.78 is 5.68. The van der Waals surface area contributed by atoms with E-state index >= 15 is 0 Å². The third-order valence-corrected chi connectivity index (χ3v) is 4.41. The van der Waals surface area contributed by atoms with E-state index in [2.05, 4.69) is 5.32 Å². The third-order valence-electron chi connectivity index (χ3n) is 4.18. The first-order chi connectivity index (χ1) is 11.5. The van der Waals surface area contributed by atoms with Gasteiger partial charge in [-0.05, 0) is 49.9 Å². The van der Waals surface area contributed by atoms with Gasteiger partial charge in [0.15, 0.2) is 0 Å². The molecule has 3 amide bonds. The maximum Gasteiger partial charge on any atom is 0.317 e. The molecule has 1 saturated heterocycles. The van der Waals surface area contributed by atoms with E-state index in [0.29, 0.717) is 50.5 Å². The lowest BCUT2D eigenvalue weighted by Crippen LogP contribution is -2.46. The van der Waals surface area contributed by atoms with Gasteiger partial charge in [-0.1, -0.05) is 11.6 Å². The Morgan fingerprint density at radius 1 is 1.38 bits per heavy atom. The number of aryl methyl sites for hydroxylation is 1. The van der Waals surface area contributed by atoms with Crippen LogP contribution in [0.2, 0.25) is 5.02 Å². The molecule has 6 nitrogen and oxygen atoms in total. The molecule has 1 aromatic carbocycles. The number of likely N-dealkylation sites (tertiary alicyclic amines) is 1. The van der Waals surface area contributed by atoms with Gasteiger partial charge in [0.05, 0.1) is 6.61 Å². The monoisotopic (exact) mass is 353 g/mol. The zero-order valence-electron chi connectivity index (χ0n) is 13.9. The molecule has 0 bridgehead atoms. The van der Waals surface area contributed by atoms with Gasteiger partial charge in [0.25, 0.3) is 0 Å². The Kier molecular flexibility index (Phi) is 6.73. The van der Waals surface area contributed by atoms with Crippen molar-refractivity contribution >= 4 is 23.5 Å². The summed E-state index contributed by atoms with van der Waals surface area (Å²) in [5.74, 6) is 0.425. The number of hydrogen-bond donors (Lipinski definition) is 2. The van der Waals surface area contributed by atoms with E-state index in [0.717, 1.165) is 11.3 Å². The molecule has 1 aliphatic rings. The number of rotatable bonds is 6. The topological polar surface area (TPSA) is 84.7 Å². The number of nitrogens with one attached hydrogen (secondary N) is 1. The van der Waals surface area contributed by atoms with Crippen LogP contribution in [-0.4, -0.2) is 43.1 Å². The van der Waals surface area contributed by atoms with E-state index in [-0.39, 0.29) is 17.9 Å². The van der Waals surface area contributed by atoms with Crippen LogP contribution in [0.5, 0.6) is 5.75 Å². The highest BCUT2D eigenvalue weighted by Gasteiger charge is 2.25. The van der Waals surface area contributed by atoms with E-state index in [1.807, 2.05) is 19.1 Å². The van der Waals surface area contributed by atoms with Gasteiger partial charge in [0.1, 0.15) is 5.75 Å². The van der Waals surface area contributed by atoms with Crippen molar-refractivity contribution in [1.82, 2.24) is 10.2 Å². The number of carbonyl (C=O) groups is 2. The zero-order valence-corrected chi connectivity index (χ0v) is 14.6. The van der Waals surface area contributed by atoms with Crippen LogP contribution >= 0.6 is 11.6 Å². The molecule has 0 atom stereocenters. The van der Waals surface area contributed by atoms with Crippen molar-refractivity contribution in [1.29, 1.82) is 0 Å². The fourth-order valence-electron chi connectivity index (χ4n) is 2.70. The van der Waals surface area contributed by atoms with E-state index in [1.54, 1.807) is 11.0 Å². The van der Waals surface area contributed by atoms with Crippen molar-refractivity contribution in [3.05, 3.63) is 28.8 Å². The maximum absolute atomic E-state index is 12.0. The Balaban J connectivity index is 1.62. The van der Waals surface area contributed by atoms with Crippen molar-refractivity contribution < 1.29 is 14.3 Å². The predicted octanol–water partition coefficient (Wildman–Crippen LogP) is 2.32. The van der Waals surface area contributed by atoms with Crippen LogP contribution in [-0.2, 0) is 4.79 Å². The Morgan fingerprint density at radius 2 is 2.08 bits per heavy atom. The van der Waals surface area contributed by atoms with Crippen molar-refractivity contribution in [2.24, 2.45) is 11.7 Å². The lowest BCUT2D eigenvalue weighted by Gasteiger charge is -2.30. The number of halogens is 1. The lowest BCUT2D eigenvalue weighted by atomic mass is 9.96. The predicted molar refractivity (Wildman–Crippen MR) is 93.2 cm³/mol. The van der Waals surface area contributed by atoms with Crippen LogP contribution in [0.4, 0.5) is 4.79 Å². The largest absolute Gasteiger partial charge is 0.493 e. The second-order valence-electron chi connectivity index (χ2n) is 6.01. The van der Waals surface area contributed by atoms with Gasteiger partial charge in [0.2, 0.25) is 5.91 Å². The van der Waals surface area contributed by atoms with Gasteiger partial charge >= 0.3 is 6.03 Å². The molecule has 0 unspecified atom stereocenters. The van der Waals surface area contributed by atoms with Crippen LogP contribution in [0.1, 0.15) is 24.8 Å². The summed E-state index contributed by atoms with van der Waals surface area (Å²) in [6.45, 7) is 4.15. The second kappa shape index (κ2) is 8.78. The normalized spacial score (nSPS) is 15.2. The molecule has 132 valence electrons. The van der Waals surface area contributed by atoms with Gasteiger partial charge in [-0.15, -0.1) is 0 Å². The van der Waals surface area contributed by atoms with Crippen LogP contribution in [0.25, 0.3) is 0 Å². The van der Waals surface area contributed by atoms with Crippen molar-refractivity contribution in [2.45, 2.75) is 26.2 Å². The first kappa shape index (κ1) is 18.4. The van der Waals surface area contributed by atoms with Gasteiger partial charge < -0.3 is 20.7 Å². The van der Waals surface area contributed by atoms with Gasteiger partial charge in [-0.3, -0.25) is 4.79 Å². The maximum atomic E-state index is 12.0. The molecular formula is C17H24ClN3O3. The highest BCUT2D eigenvalue weighted by molar-refractivity contribution is 6.30. The van der Waals surface area contributed by atoms with Gasteiger partial charge in [-0.2, -0.15) is 0 Å². The molecule has 1 aliphatic heterocycles. The highest BCUT2D eigenvalue weighted by atomic mass is 35.5. The Hall–Kier alpha value is -1.95. The molecule has 0 saturated carbocycles.